The fourth-order valence-corrected chi connectivity index (χ4v) is 4.71. The van der Waals surface area contributed by atoms with E-state index in [9.17, 15) is 19.1 Å². The van der Waals surface area contributed by atoms with Crippen LogP contribution in [0.4, 0.5) is 4.39 Å². The number of hydrogen-bond donors (Lipinski definition) is 1. The number of rotatable bonds is 5. The van der Waals surface area contributed by atoms with Crippen molar-refractivity contribution in [3.63, 3.8) is 0 Å². The smallest absolute Gasteiger partial charge is 0.295 e. The van der Waals surface area contributed by atoms with E-state index in [0.717, 1.165) is 25.7 Å². The number of aryl methyl sites for hydroxylation is 1. The monoisotopic (exact) mass is 439 g/mol. The molecule has 0 aromatic heterocycles. The minimum atomic E-state index is -0.775. The summed E-state index contributed by atoms with van der Waals surface area (Å²) < 4.78 is 24.5. The van der Waals surface area contributed by atoms with Gasteiger partial charge in [-0.15, -0.1) is 0 Å². The van der Waals surface area contributed by atoms with E-state index < -0.39 is 23.5 Å². The standard InChI is InChI=1S/C25H26FNO5/c1-14-12-16(8-10-18(14)26)23(28)21-22(15-9-11-19(31-2)20(13-15)32-3)27(25(30)24(21)29)17-6-4-5-7-17/h8-13,17,22,28H,4-7H2,1-3H3/b23-21-. The molecule has 1 aliphatic carbocycles. The summed E-state index contributed by atoms with van der Waals surface area (Å²) in [5.41, 5.74) is 1.26. The van der Waals surface area contributed by atoms with Gasteiger partial charge in [0.05, 0.1) is 25.8 Å². The average molecular weight is 439 g/mol. The molecule has 2 aromatic carbocycles. The SMILES string of the molecule is COc1ccc(C2/C(=C(/O)c3ccc(F)c(C)c3)C(=O)C(=O)N2C2CCCC2)cc1OC. The molecule has 0 bridgehead atoms. The largest absolute Gasteiger partial charge is 0.507 e. The second-order valence-electron chi connectivity index (χ2n) is 8.22. The van der Waals surface area contributed by atoms with E-state index in [-0.39, 0.29) is 17.4 Å². The summed E-state index contributed by atoms with van der Waals surface area (Å²) in [6.07, 6.45) is 3.55. The quantitative estimate of drug-likeness (QED) is 0.421. The van der Waals surface area contributed by atoms with Crippen LogP contribution in [0.2, 0.25) is 0 Å². The molecule has 1 heterocycles. The van der Waals surface area contributed by atoms with Crippen molar-refractivity contribution < 1.29 is 28.6 Å². The van der Waals surface area contributed by atoms with E-state index in [0.29, 0.717) is 28.2 Å². The number of ketones is 1. The van der Waals surface area contributed by atoms with E-state index in [2.05, 4.69) is 0 Å². The van der Waals surface area contributed by atoms with Crippen LogP contribution in [0.25, 0.3) is 5.76 Å². The van der Waals surface area contributed by atoms with Gasteiger partial charge < -0.3 is 19.5 Å². The molecule has 4 rings (SSSR count). The fourth-order valence-electron chi connectivity index (χ4n) is 4.71. The highest BCUT2D eigenvalue weighted by atomic mass is 19.1. The zero-order valence-corrected chi connectivity index (χ0v) is 18.4. The molecule has 1 amide bonds. The van der Waals surface area contributed by atoms with Crippen LogP contribution in [0, 0.1) is 12.7 Å². The third-order valence-corrected chi connectivity index (χ3v) is 6.35. The zero-order chi connectivity index (χ0) is 23.0. The number of carbonyl (C=O) groups excluding carboxylic acids is 2. The van der Waals surface area contributed by atoms with Gasteiger partial charge in [0, 0.05) is 11.6 Å². The second kappa shape index (κ2) is 8.65. The van der Waals surface area contributed by atoms with Crippen LogP contribution in [0.5, 0.6) is 11.5 Å². The second-order valence-corrected chi connectivity index (χ2v) is 8.22. The lowest BCUT2D eigenvalue weighted by atomic mass is 9.94. The Morgan fingerprint density at radius 2 is 1.72 bits per heavy atom. The van der Waals surface area contributed by atoms with Crippen LogP contribution < -0.4 is 9.47 Å². The Morgan fingerprint density at radius 1 is 1.03 bits per heavy atom. The average Bonchev–Trinajstić information content (AvgIpc) is 3.41. The minimum absolute atomic E-state index is 0.000119. The number of ether oxygens (including phenoxy) is 2. The fraction of sp³-hybridized carbons (Fsp3) is 0.360. The molecule has 168 valence electrons. The Bertz CT molecular complexity index is 1100. The lowest BCUT2D eigenvalue weighted by molar-refractivity contribution is -0.141. The number of halogens is 1. The summed E-state index contributed by atoms with van der Waals surface area (Å²) in [6.45, 7) is 1.58. The number of benzene rings is 2. The van der Waals surface area contributed by atoms with Crippen LogP contribution >= 0.6 is 0 Å². The van der Waals surface area contributed by atoms with Crippen molar-refractivity contribution in [2.45, 2.75) is 44.7 Å². The van der Waals surface area contributed by atoms with Gasteiger partial charge in [-0.25, -0.2) is 4.39 Å². The lowest BCUT2D eigenvalue weighted by Crippen LogP contribution is -2.37. The number of nitrogens with zero attached hydrogens (tertiary/aromatic N) is 1. The van der Waals surface area contributed by atoms with Gasteiger partial charge in [-0.2, -0.15) is 0 Å². The summed E-state index contributed by atoms with van der Waals surface area (Å²) >= 11 is 0. The minimum Gasteiger partial charge on any atom is -0.507 e. The highest BCUT2D eigenvalue weighted by molar-refractivity contribution is 6.46. The number of methoxy groups -OCH3 is 2. The molecular formula is C25H26FNO5. The summed E-state index contributed by atoms with van der Waals surface area (Å²) in [5, 5.41) is 11.1. The van der Waals surface area contributed by atoms with E-state index in [4.69, 9.17) is 9.47 Å². The van der Waals surface area contributed by atoms with Gasteiger partial charge in [0.2, 0.25) is 0 Å². The van der Waals surface area contributed by atoms with Crippen molar-refractivity contribution in [2.24, 2.45) is 0 Å². The topological polar surface area (TPSA) is 76.1 Å². The predicted octanol–water partition coefficient (Wildman–Crippen LogP) is 4.52. The molecule has 2 fully saturated rings. The molecule has 1 atom stereocenters. The summed E-state index contributed by atoms with van der Waals surface area (Å²) in [6, 6.07) is 8.45. The van der Waals surface area contributed by atoms with Gasteiger partial charge in [-0.05, 0) is 61.2 Å². The molecule has 32 heavy (non-hydrogen) atoms. The van der Waals surface area contributed by atoms with Crippen molar-refractivity contribution in [2.75, 3.05) is 14.2 Å². The first-order valence-electron chi connectivity index (χ1n) is 10.7. The molecule has 1 saturated heterocycles. The summed E-state index contributed by atoms with van der Waals surface area (Å²) in [5.74, 6) is -1.12. The van der Waals surface area contributed by atoms with Crippen LogP contribution in [0.3, 0.4) is 0 Å². The number of likely N-dealkylation sites (tertiary alicyclic amines) is 1. The lowest BCUT2D eigenvalue weighted by Gasteiger charge is -2.31. The number of aliphatic hydroxyl groups excluding tert-OH is 1. The van der Waals surface area contributed by atoms with E-state index in [1.807, 2.05) is 0 Å². The molecule has 2 aromatic rings. The molecule has 6 nitrogen and oxygen atoms in total. The van der Waals surface area contributed by atoms with Crippen molar-refractivity contribution >= 4 is 17.4 Å². The van der Waals surface area contributed by atoms with Crippen molar-refractivity contribution in [1.82, 2.24) is 4.90 Å². The molecule has 1 N–H and O–H groups in total. The number of carbonyl (C=O) groups is 2. The Morgan fingerprint density at radius 3 is 2.34 bits per heavy atom. The van der Waals surface area contributed by atoms with E-state index in [1.165, 1.54) is 32.4 Å². The van der Waals surface area contributed by atoms with Crippen LogP contribution in [-0.4, -0.2) is 42.0 Å². The maximum Gasteiger partial charge on any atom is 0.295 e. The summed E-state index contributed by atoms with van der Waals surface area (Å²) in [7, 11) is 3.04. The van der Waals surface area contributed by atoms with Crippen molar-refractivity contribution in [3.8, 4) is 11.5 Å². The summed E-state index contributed by atoms with van der Waals surface area (Å²) in [4.78, 5) is 27.9. The van der Waals surface area contributed by atoms with Gasteiger partial charge in [-0.1, -0.05) is 18.9 Å². The first-order valence-corrected chi connectivity index (χ1v) is 10.7. The number of aliphatic hydroxyl groups is 1. The Kier molecular flexibility index (Phi) is 5.91. The van der Waals surface area contributed by atoms with Crippen molar-refractivity contribution in [1.29, 1.82) is 0 Å². The maximum absolute atomic E-state index is 13.8. The zero-order valence-electron chi connectivity index (χ0n) is 18.4. The Labute approximate surface area is 186 Å². The van der Waals surface area contributed by atoms with Crippen LogP contribution in [0.1, 0.15) is 48.4 Å². The van der Waals surface area contributed by atoms with Crippen LogP contribution in [-0.2, 0) is 9.59 Å². The number of Topliss-reactive ketones (excluding diaryl/α,β-unsaturated/α-hetero) is 1. The normalized spacial score (nSPS) is 20.8. The number of amides is 1. The molecule has 7 heteroatoms. The third kappa shape index (κ3) is 3.61. The Hall–Kier alpha value is -3.35. The molecule has 1 aliphatic heterocycles. The van der Waals surface area contributed by atoms with Gasteiger partial charge in [0.25, 0.3) is 11.7 Å². The molecule has 0 radical (unpaired) electrons. The Balaban J connectivity index is 1.91. The third-order valence-electron chi connectivity index (χ3n) is 6.35. The van der Waals surface area contributed by atoms with Crippen molar-refractivity contribution in [3.05, 3.63) is 64.5 Å². The molecule has 0 spiro atoms. The molecule has 2 aliphatic rings. The first kappa shape index (κ1) is 21.9. The predicted molar refractivity (Wildman–Crippen MR) is 117 cm³/mol. The van der Waals surface area contributed by atoms with Gasteiger partial charge in [0.15, 0.2) is 11.5 Å². The molecule has 1 unspecified atom stereocenters. The highest BCUT2D eigenvalue weighted by Crippen LogP contribution is 2.45. The van der Waals surface area contributed by atoms with Crippen LogP contribution in [0.15, 0.2) is 42.0 Å². The maximum atomic E-state index is 13.8. The first-order chi connectivity index (χ1) is 15.4. The molecule has 1 saturated carbocycles. The molecular weight excluding hydrogens is 413 g/mol. The van der Waals surface area contributed by atoms with Gasteiger partial charge in [-0.3, -0.25) is 9.59 Å². The highest BCUT2D eigenvalue weighted by Gasteiger charge is 2.49. The van der Waals surface area contributed by atoms with Gasteiger partial charge in [0.1, 0.15) is 11.6 Å². The van der Waals surface area contributed by atoms with E-state index in [1.54, 1.807) is 30.0 Å². The van der Waals surface area contributed by atoms with Gasteiger partial charge >= 0.3 is 0 Å². The van der Waals surface area contributed by atoms with E-state index >= 15 is 0 Å². The number of hydrogen-bond acceptors (Lipinski definition) is 5.